The smallest absolute Gasteiger partial charge is 0.242 e. The molecule has 0 aromatic carbocycles. The average molecular weight is 247 g/mol. The van der Waals surface area contributed by atoms with Gasteiger partial charge in [0.05, 0.1) is 12.4 Å². The molecule has 1 amide bonds. The molecule has 96 valence electrons. The number of hydrogen-bond acceptors (Lipinski definition) is 5. The van der Waals surface area contributed by atoms with Crippen LogP contribution in [0.1, 0.15) is 26.5 Å². The van der Waals surface area contributed by atoms with Crippen molar-refractivity contribution in [3.8, 4) is 6.07 Å². The van der Waals surface area contributed by atoms with Crippen LogP contribution in [0.15, 0.2) is 12.4 Å². The van der Waals surface area contributed by atoms with Crippen LogP contribution in [0.4, 0.5) is 5.82 Å². The zero-order valence-corrected chi connectivity index (χ0v) is 10.8. The lowest BCUT2D eigenvalue weighted by atomic mass is 10.2. The van der Waals surface area contributed by atoms with E-state index in [1.807, 2.05) is 19.9 Å². The van der Waals surface area contributed by atoms with Crippen molar-refractivity contribution < 1.29 is 4.79 Å². The number of anilines is 1. The maximum absolute atomic E-state index is 11.7. The van der Waals surface area contributed by atoms with Gasteiger partial charge in [-0.1, -0.05) is 13.8 Å². The molecule has 0 spiro atoms. The highest BCUT2D eigenvalue weighted by Gasteiger charge is 2.13. The summed E-state index contributed by atoms with van der Waals surface area (Å²) in [7, 11) is 0. The van der Waals surface area contributed by atoms with Crippen LogP contribution in [-0.4, -0.2) is 28.5 Å². The lowest BCUT2D eigenvalue weighted by molar-refractivity contribution is -0.121. The second-order valence-electron chi connectivity index (χ2n) is 4.40. The average Bonchev–Trinajstić information content (AvgIpc) is 2.36. The number of nitriles is 1. The third-order valence-corrected chi connectivity index (χ3v) is 2.21. The van der Waals surface area contributed by atoms with Crippen molar-refractivity contribution >= 4 is 11.7 Å². The zero-order chi connectivity index (χ0) is 13.5. The summed E-state index contributed by atoms with van der Waals surface area (Å²) < 4.78 is 0. The number of aromatic nitrogens is 2. The van der Waals surface area contributed by atoms with Crippen LogP contribution >= 0.6 is 0 Å². The van der Waals surface area contributed by atoms with Gasteiger partial charge in [-0.15, -0.1) is 0 Å². The minimum Gasteiger partial charge on any atom is -0.357 e. The number of rotatable bonds is 5. The number of carbonyl (C=O) groups is 1. The molecule has 0 bridgehead atoms. The van der Waals surface area contributed by atoms with E-state index >= 15 is 0 Å². The normalized spacial score (nSPS) is 11.7. The second kappa shape index (κ2) is 6.55. The first-order valence-corrected chi connectivity index (χ1v) is 5.79. The van der Waals surface area contributed by atoms with Gasteiger partial charge in [0.25, 0.3) is 0 Å². The SMILES string of the molecule is CC(C)CNC(=O)C(C)Nc1cnc(C#N)cn1. The van der Waals surface area contributed by atoms with Crippen LogP contribution in [0.25, 0.3) is 0 Å². The summed E-state index contributed by atoms with van der Waals surface area (Å²) in [5.74, 6) is 0.798. The largest absolute Gasteiger partial charge is 0.357 e. The van der Waals surface area contributed by atoms with Crippen molar-refractivity contribution in [2.75, 3.05) is 11.9 Å². The lowest BCUT2D eigenvalue weighted by Gasteiger charge is -2.15. The number of carbonyl (C=O) groups excluding carboxylic acids is 1. The molecule has 0 saturated heterocycles. The molecule has 1 aromatic heterocycles. The predicted octanol–water partition coefficient (Wildman–Crippen LogP) is 0.921. The van der Waals surface area contributed by atoms with Gasteiger partial charge in [-0.2, -0.15) is 5.26 Å². The van der Waals surface area contributed by atoms with Crippen molar-refractivity contribution in [1.29, 1.82) is 5.26 Å². The molecule has 0 radical (unpaired) electrons. The molecule has 1 heterocycles. The fraction of sp³-hybridized carbons (Fsp3) is 0.500. The molecular formula is C12H17N5O. The van der Waals surface area contributed by atoms with E-state index in [1.165, 1.54) is 12.4 Å². The number of nitrogens with one attached hydrogen (secondary N) is 2. The third-order valence-electron chi connectivity index (χ3n) is 2.21. The number of nitrogens with zero attached hydrogens (tertiary/aromatic N) is 3. The number of amides is 1. The van der Waals surface area contributed by atoms with Crippen LogP contribution in [0.3, 0.4) is 0 Å². The molecule has 1 atom stereocenters. The van der Waals surface area contributed by atoms with E-state index in [0.717, 1.165) is 0 Å². The Morgan fingerprint density at radius 1 is 1.39 bits per heavy atom. The van der Waals surface area contributed by atoms with Gasteiger partial charge in [0, 0.05) is 6.54 Å². The zero-order valence-electron chi connectivity index (χ0n) is 10.8. The maximum atomic E-state index is 11.7. The van der Waals surface area contributed by atoms with Crippen LogP contribution in [-0.2, 0) is 4.79 Å². The molecule has 1 rings (SSSR count). The standard InChI is InChI=1S/C12H17N5O/c1-8(2)5-16-12(18)9(3)17-11-7-14-10(4-13)6-15-11/h6-9H,5H2,1-3H3,(H,15,17)(H,16,18). The molecule has 6 heteroatoms. The van der Waals surface area contributed by atoms with E-state index in [0.29, 0.717) is 18.3 Å². The van der Waals surface area contributed by atoms with Crippen molar-refractivity contribution in [3.63, 3.8) is 0 Å². The van der Waals surface area contributed by atoms with E-state index in [-0.39, 0.29) is 11.6 Å². The Bertz CT molecular complexity index is 435. The van der Waals surface area contributed by atoms with E-state index in [4.69, 9.17) is 5.26 Å². The summed E-state index contributed by atoms with van der Waals surface area (Å²) in [5.41, 5.74) is 0.248. The highest BCUT2D eigenvalue weighted by atomic mass is 16.2. The predicted molar refractivity (Wildman–Crippen MR) is 67.7 cm³/mol. The summed E-state index contributed by atoms with van der Waals surface area (Å²) >= 11 is 0. The molecule has 6 nitrogen and oxygen atoms in total. The van der Waals surface area contributed by atoms with Gasteiger partial charge in [0.1, 0.15) is 17.9 Å². The lowest BCUT2D eigenvalue weighted by Crippen LogP contribution is -2.39. The fourth-order valence-corrected chi connectivity index (χ4v) is 1.21. The number of hydrogen-bond donors (Lipinski definition) is 2. The van der Waals surface area contributed by atoms with Gasteiger partial charge >= 0.3 is 0 Å². The van der Waals surface area contributed by atoms with Crippen molar-refractivity contribution in [2.45, 2.75) is 26.8 Å². The Labute approximate surface area is 106 Å². The third kappa shape index (κ3) is 4.37. The van der Waals surface area contributed by atoms with E-state index < -0.39 is 6.04 Å². The fourth-order valence-electron chi connectivity index (χ4n) is 1.21. The minimum absolute atomic E-state index is 0.0881. The van der Waals surface area contributed by atoms with Gasteiger partial charge in [0.2, 0.25) is 5.91 Å². The summed E-state index contributed by atoms with van der Waals surface area (Å²) in [6, 6.07) is 1.49. The molecule has 0 fully saturated rings. The van der Waals surface area contributed by atoms with Crippen LogP contribution in [0.5, 0.6) is 0 Å². The van der Waals surface area contributed by atoms with Gasteiger partial charge in [-0.3, -0.25) is 4.79 Å². The topological polar surface area (TPSA) is 90.7 Å². The van der Waals surface area contributed by atoms with Gasteiger partial charge < -0.3 is 10.6 Å². The summed E-state index contributed by atoms with van der Waals surface area (Å²) in [4.78, 5) is 19.6. The Kier molecular flexibility index (Phi) is 5.06. The Hall–Kier alpha value is -2.16. The molecule has 0 aliphatic rings. The molecule has 0 aliphatic heterocycles. The molecule has 0 aliphatic carbocycles. The van der Waals surface area contributed by atoms with Crippen molar-refractivity contribution in [2.24, 2.45) is 5.92 Å². The van der Waals surface area contributed by atoms with Crippen molar-refractivity contribution in [3.05, 3.63) is 18.1 Å². The van der Waals surface area contributed by atoms with E-state index in [9.17, 15) is 4.79 Å². The first-order valence-electron chi connectivity index (χ1n) is 5.79. The monoisotopic (exact) mass is 247 g/mol. The summed E-state index contributed by atoms with van der Waals surface area (Å²) in [6.07, 6.45) is 2.80. The van der Waals surface area contributed by atoms with Crippen molar-refractivity contribution in [1.82, 2.24) is 15.3 Å². The maximum Gasteiger partial charge on any atom is 0.242 e. The molecule has 0 saturated carbocycles. The van der Waals surface area contributed by atoms with Gasteiger partial charge in [0.15, 0.2) is 5.69 Å². The Morgan fingerprint density at radius 2 is 2.11 bits per heavy atom. The first-order chi connectivity index (χ1) is 8.52. The van der Waals surface area contributed by atoms with E-state index in [2.05, 4.69) is 20.6 Å². The highest BCUT2D eigenvalue weighted by molar-refractivity contribution is 5.83. The molecule has 2 N–H and O–H groups in total. The Morgan fingerprint density at radius 3 is 2.61 bits per heavy atom. The Balaban J connectivity index is 2.50. The van der Waals surface area contributed by atoms with Crippen LogP contribution < -0.4 is 10.6 Å². The van der Waals surface area contributed by atoms with Gasteiger partial charge in [-0.05, 0) is 12.8 Å². The highest BCUT2D eigenvalue weighted by Crippen LogP contribution is 2.02. The van der Waals surface area contributed by atoms with E-state index in [1.54, 1.807) is 6.92 Å². The molecular weight excluding hydrogens is 230 g/mol. The van der Waals surface area contributed by atoms with Crippen LogP contribution in [0.2, 0.25) is 0 Å². The second-order valence-corrected chi connectivity index (χ2v) is 4.40. The summed E-state index contributed by atoms with van der Waals surface area (Å²) in [5, 5.41) is 14.3. The minimum atomic E-state index is -0.397. The molecule has 18 heavy (non-hydrogen) atoms. The van der Waals surface area contributed by atoms with Crippen LogP contribution in [0, 0.1) is 17.2 Å². The molecule has 1 unspecified atom stereocenters. The molecule has 1 aromatic rings. The quantitative estimate of drug-likeness (QED) is 0.807. The first kappa shape index (κ1) is 13.9. The van der Waals surface area contributed by atoms with Gasteiger partial charge in [-0.25, -0.2) is 9.97 Å². The summed E-state index contributed by atoms with van der Waals surface area (Å²) in [6.45, 7) is 6.45.